The predicted molar refractivity (Wildman–Crippen MR) is 113 cm³/mol. The van der Waals surface area contributed by atoms with E-state index < -0.39 is 10.0 Å². The first kappa shape index (κ1) is 22.4. The summed E-state index contributed by atoms with van der Waals surface area (Å²) in [7, 11) is -3.53. The van der Waals surface area contributed by atoms with Gasteiger partial charge in [0.2, 0.25) is 10.0 Å². The fourth-order valence-corrected chi connectivity index (χ4v) is 4.60. The maximum absolute atomic E-state index is 12.8. The van der Waals surface area contributed by atoms with Crippen molar-refractivity contribution in [2.75, 3.05) is 19.6 Å². The summed E-state index contributed by atoms with van der Waals surface area (Å²) in [6.45, 7) is 5.37. The predicted octanol–water partition coefficient (Wildman–Crippen LogP) is 4.12. The van der Waals surface area contributed by atoms with Gasteiger partial charge >= 0.3 is 0 Å². The van der Waals surface area contributed by atoms with Crippen molar-refractivity contribution in [3.05, 3.63) is 64.7 Å². The van der Waals surface area contributed by atoms with E-state index in [1.807, 2.05) is 38.1 Å². The van der Waals surface area contributed by atoms with Crippen molar-refractivity contribution in [3.63, 3.8) is 0 Å². The van der Waals surface area contributed by atoms with E-state index in [0.29, 0.717) is 36.6 Å². The van der Waals surface area contributed by atoms with Crippen molar-refractivity contribution >= 4 is 27.5 Å². The first-order chi connectivity index (χ1) is 13.4. The van der Waals surface area contributed by atoms with Crippen LogP contribution in [-0.2, 0) is 16.4 Å². The number of hydrogen-bond acceptors (Lipinski definition) is 3. The first-order valence-corrected chi connectivity index (χ1v) is 11.3. The molecule has 7 heteroatoms. The topological polar surface area (TPSA) is 66.5 Å². The van der Waals surface area contributed by atoms with Crippen molar-refractivity contribution in [1.82, 2.24) is 9.62 Å². The van der Waals surface area contributed by atoms with E-state index in [-0.39, 0.29) is 10.8 Å². The van der Waals surface area contributed by atoms with Gasteiger partial charge in [-0.1, -0.05) is 37.6 Å². The summed E-state index contributed by atoms with van der Waals surface area (Å²) in [5.74, 6) is -0.225. The maximum Gasteiger partial charge on any atom is 0.251 e. The van der Waals surface area contributed by atoms with Gasteiger partial charge in [0, 0.05) is 30.2 Å². The van der Waals surface area contributed by atoms with Crippen molar-refractivity contribution in [2.24, 2.45) is 0 Å². The molecule has 0 atom stereocenters. The molecule has 0 aliphatic heterocycles. The number of rotatable bonds is 10. The van der Waals surface area contributed by atoms with Crippen LogP contribution in [0.5, 0.6) is 0 Å². The molecule has 0 saturated heterocycles. The van der Waals surface area contributed by atoms with Crippen LogP contribution in [0.25, 0.3) is 0 Å². The van der Waals surface area contributed by atoms with Crippen LogP contribution in [0.15, 0.2) is 53.4 Å². The van der Waals surface area contributed by atoms with Gasteiger partial charge in [-0.2, -0.15) is 4.31 Å². The summed E-state index contributed by atoms with van der Waals surface area (Å²) in [5.41, 5.74) is 1.52. The number of hydrogen-bond donors (Lipinski definition) is 1. The van der Waals surface area contributed by atoms with E-state index in [1.54, 1.807) is 12.1 Å². The van der Waals surface area contributed by atoms with Crippen molar-refractivity contribution in [3.8, 4) is 0 Å². The van der Waals surface area contributed by atoms with Crippen LogP contribution in [0, 0.1) is 0 Å². The molecule has 0 bridgehead atoms. The van der Waals surface area contributed by atoms with Crippen molar-refractivity contribution in [2.45, 2.75) is 38.0 Å². The minimum absolute atomic E-state index is 0.215. The molecule has 152 valence electrons. The van der Waals surface area contributed by atoms with Crippen LogP contribution in [0.2, 0.25) is 5.02 Å². The molecule has 0 fully saturated rings. The average molecular weight is 423 g/mol. The van der Waals surface area contributed by atoms with Gasteiger partial charge in [0.05, 0.1) is 4.90 Å². The molecule has 0 unspecified atom stereocenters. The molecule has 5 nitrogen and oxygen atoms in total. The van der Waals surface area contributed by atoms with E-state index >= 15 is 0 Å². The number of nitrogens with one attached hydrogen (secondary N) is 1. The second kappa shape index (κ2) is 10.6. The second-order valence-electron chi connectivity index (χ2n) is 6.56. The lowest BCUT2D eigenvalue weighted by molar-refractivity contribution is 0.0954. The Morgan fingerprint density at radius 3 is 2.07 bits per heavy atom. The van der Waals surface area contributed by atoms with Gasteiger partial charge in [-0.3, -0.25) is 4.79 Å². The Morgan fingerprint density at radius 1 is 0.964 bits per heavy atom. The molecule has 2 rings (SSSR count). The van der Waals surface area contributed by atoms with Gasteiger partial charge in [0.25, 0.3) is 5.91 Å². The summed E-state index contributed by atoms with van der Waals surface area (Å²) in [5, 5.41) is 3.53. The number of amides is 1. The van der Waals surface area contributed by atoms with Gasteiger partial charge in [0.15, 0.2) is 0 Å². The molecular formula is C21H27ClN2O3S. The molecule has 1 N–H and O–H groups in total. The molecular weight excluding hydrogens is 396 g/mol. The lowest BCUT2D eigenvalue weighted by Crippen LogP contribution is -2.32. The summed E-state index contributed by atoms with van der Waals surface area (Å²) >= 11 is 5.86. The molecule has 0 aliphatic carbocycles. The van der Waals surface area contributed by atoms with Crippen LogP contribution in [-0.4, -0.2) is 38.3 Å². The minimum Gasteiger partial charge on any atom is -0.352 e. The number of carbonyl (C=O) groups is 1. The molecule has 28 heavy (non-hydrogen) atoms. The van der Waals surface area contributed by atoms with Crippen LogP contribution in [0.3, 0.4) is 0 Å². The molecule has 0 aromatic heterocycles. The Kier molecular flexibility index (Phi) is 8.48. The zero-order chi connectivity index (χ0) is 20.6. The van der Waals surface area contributed by atoms with Crippen LogP contribution in [0.4, 0.5) is 0 Å². The van der Waals surface area contributed by atoms with Crippen LogP contribution < -0.4 is 5.32 Å². The number of halogens is 1. The van der Waals surface area contributed by atoms with Crippen molar-refractivity contribution in [1.29, 1.82) is 0 Å². The van der Waals surface area contributed by atoms with Crippen LogP contribution in [0.1, 0.15) is 42.6 Å². The molecule has 0 aliphatic rings. The molecule has 1 amide bonds. The summed E-state index contributed by atoms with van der Waals surface area (Å²) < 4.78 is 27.0. The average Bonchev–Trinajstić information content (AvgIpc) is 2.69. The molecule has 2 aromatic carbocycles. The van der Waals surface area contributed by atoms with E-state index in [2.05, 4.69) is 5.32 Å². The van der Waals surface area contributed by atoms with Gasteiger partial charge < -0.3 is 5.32 Å². The normalized spacial score (nSPS) is 11.6. The number of benzene rings is 2. The summed E-state index contributed by atoms with van der Waals surface area (Å²) in [4.78, 5) is 12.5. The third-order valence-electron chi connectivity index (χ3n) is 4.31. The third kappa shape index (κ3) is 6.06. The number of carbonyl (C=O) groups excluding carboxylic acids is 1. The Morgan fingerprint density at radius 2 is 1.54 bits per heavy atom. The fourth-order valence-electron chi connectivity index (χ4n) is 2.85. The smallest absolute Gasteiger partial charge is 0.251 e. The van der Waals surface area contributed by atoms with Gasteiger partial charge in [-0.05, 0) is 61.2 Å². The highest BCUT2D eigenvalue weighted by molar-refractivity contribution is 7.89. The van der Waals surface area contributed by atoms with E-state index in [4.69, 9.17) is 11.6 Å². The lowest BCUT2D eigenvalue weighted by Gasteiger charge is -2.21. The van der Waals surface area contributed by atoms with E-state index in [1.165, 1.54) is 16.4 Å². The van der Waals surface area contributed by atoms with Crippen molar-refractivity contribution < 1.29 is 13.2 Å². The largest absolute Gasteiger partial charge is 0.352 e. The zero-order valence-corrected chi connectivity index (χ0v) is 17.9. The molecule has 2 aromatic rings. The Labute approximate surface area is 172 Å². The summed E-state index contributed by atoms with van der Waals surface area (Å²) in [6.07, 6.45) is 2.21. The number of nitrogens with zero attached hydrogens (tertiary/aromatic N) is 1. The zero-order valence-electron chi connectivity index (χ0n) is 16.3. The fraction of sp³-hybridized carbons (Fsp3) is 0.381. The second-order valence-corrected chi connectivity index (χ2v) is 8.94. The SMILES string of the molecule is CCCN(CCC)S(=O)(=O)c1ccc(C(=O)NCCc2ccc(Cl)cc2)cc1. The standard InChI is InChI=1S/C21H27ClN2O3S/c1-3-15-24(16-4-2)28(26,27)20-11-7-18(8-12-20)21(25)23-14-13-17-5-9-19(22)10-6-17/h5-12H,3-4,13-16H2,1-2H3,(H,23,25). The first-order valence-electron chi connectivity index (χ1n) is 9.51. The molecule has 0 saturated carbocycles. The van der Waals surface area contributed by atoms with E-state index in [0.717, 1.165) is 18.4 Å². The van der Waals surface area contributed by atoms with Gasteiger partial charge in [-0.25, -0.2) is 8.42 Å². The molecule has 0 spiro atoms. The number of sulfonamides is 1. The Bertz CT molecular complexity index is 860. The maximum atomic E-state index is 12.8. The Balaban J connectivity index is 1.98. The third-order valence-corrected chi connectivity index (χ3v) is 6.48. The highest BCUT2D eigenvalue weighted by Gasteiger charge is 2.23. The van der Waals surface area contributed by atoms with Gasteiger partial charge in [0.1, 0.15) is 0 Å². The molecule has 0 heterocycles. The Hall–Kier alpha value is -1.89. The van der Waals surface area contributed by atoms with E-state index in [9.17, 15) is 13.2 Å². The monoisotopic (exact) mass is 422 g/mol. The quantitative estimate of drug-likeness (QED) is 0.626. The summed E-state index contributed by atoms with van der Waals surface area (Å²) in [6, 6.07) is 13.6. The minimum atomic E-state index is -3.53. The lowest BCUT2D eigenvalue weighted by atomic mass is 10.1. The molecule has 0 radical (unpaired) electrons. The highest BCUT2D eigenvalue weighted by Crippen LogP contribution is 2.17. The van der Waals surface area contributed by atoms with Crippen LogP contribution >= 0.6 is 11.6 Å². The highest BCUT2D eigenvalue weighted by atomic mass is 35.5. The van der Waals surface area contributed by atoms with Gasteiger partial charge in [-0.15, -0.1) is 0 Å².